The average Bonchev–Trinajstić information content (AvgIpc) is 2.87. The van der Waals surface area contributed by atoms with E-state index in [1.54, 1.807) is 24.3 Å². The highest BCUT2D eigenvalue weighted by molar-refractivity contribution is 5.98. The highest BCUT2D eigenvalue weighted by Gasteiger charge is 2.25. The molecule has 0 saturated heterocycles. The Morgan fingerprint density at radius 2 is 1.47 bits per heavy atom. The van der Waals surface area contributed by atoms with Gasteiger partial charge in [-0.2, -0.15) is 0 Å². The second kappa shape index (κ2) is 12.6. The van der Waals surface area contributed by atoms with Gasteiger partial charge in [0, 0.05) is 17.8 Å². The smallest absolute Gasteiger partial charge is 0.268 e. The number of nitrogens with one attached hydrogen (secondary N) is 3. The number of hydrogen-bond acceptors (Lipinski definition) is 6. The third-order valence-electron chi connectivity index (χ3n) is 5.52. The number of likely N-dealkylation sites (N-methyl/N-ethyl adjacent to an activating group) is 1. The van der Waals surface area contributed by atoms with E-state index in [4.69, 9.17) is 5.21 Å². The summed E-state index contributed by atoms with van der Waals surface area (Å²) >= 11 is 0. The van der Waals surface area contributed by atoms with Crippen molar-refractivity contribution in [1.82, 2.24) is 15.7 Å². The van der Waals surface area contributed by atoms with Crippen LogP contribution in [0.3, 0.4) is 0 Å². The summed E-state index contributed by atoms with van der Waals surface area (Å²) in [5, 5.41) is 23.7. The van der Waals surface area contributed by atoms with Crippen molar-refractivity contribution in [2.24, 2.45) is 0 Å². The second-order valence-electron chi connectivity index (χ2n) is 8.53. The number of aliphatic hydroxyl groups excluding tert-OH is 1. The molecule has 0 saturated carbocycles. The van der Waals surface area contributed by atoms with Crippen LogP contribution >= 0.6 is 0 Å². The van der Waals surface area contributed by atoms with Crippen molar-refractivity contribution >= 4 is 23.4 Å². The van der Waals surface area contributed by atoms with Gasteiger partial charge in [-0.3, -0.25) is 24.5 Å². The summed E-state index contributed by atoms with van der Waals surface area (Å²) in [6, 6.07) is 22.7. The number of carbonyl (C=O) groups excluding carboxylic acids is 3. The van der Waals surface area contributed by atoms with E-state index in [-0.39, 0.29) is 12.5 Å². The van der Waals surface area contributed by atoms with Crippen LogP contribution in [0.1, 0.15) is 22.8 Å². The average molecular weight is 491 g/mol. The first-order chi connectivity index (χ1) is 17.3. The number of hydrogen-bond donors (Lipinski definition) is 5. The van der Waals surface area contributed by atoms with Crippen LogP contribution < -0.4 is 16.1 Å². The fraction of sp³-hybridized carbons (Fsp3) is 0.222. The first-order valence-electron chi connectivity index (χ1n) is 11.4. The SMILES string of the molecule is C[C@@H](O)[C@H](NC(=O)c1ccc(-c2ccc(NC(=O)CN(C)Cc3ccccc3)cc2)cc1)C(=O)NO. The Labute approximate surface area is 209 Å². The van der Waals surface area contributed by atoms with Crippen molar-refractivity contribution in [1.29, 1.82) is 0 Å². The fourth-order valence-corrected chi connectivity index (χ4v) is 3.66. The lowest BCUT2D eigenvalue weighted by atomic mass is 10.0. The van der Waals surface area contributed by atoms with Crippen molar-refractivity contribution in [2.75, 3.05) is 18.9 Å². The predicted octanol–water partition coefficient (Wildman–Crippen LogP) is 2.41. The van der Waals surface area contributed by atoms with Gasteiger partial charge in [-0.25, -0.2) is 5.48 Å². The molecule has 0 spiro atoms. The van der Waals surface area contributed by atoms with Crippen molar-refractivity contribution in [2.45, 2.75) is 25.6 Å². The van der Waals surface area contributed by atoms with E-state index in [0.717, 1.165) is 16.7 Å². The molecule has 0 fully saturated rings. The molecule has 9 heteroatoms. The Hall–Kier alpha value is -4.05. The summed E-state index contributed by atoms with van der Waals surface area (Å²) < 4.78 is 0. The third kappa shape index (κ3) is 7.47. The molecule has 0 bridgehead atoms. The van der Waals surface area contributed by atoms with E-state index in [1.807, 2.05) is 66.5 Å². The largest absolute Gasteiger partial charge is 0.391 e. The lowest BCUT2D eigenvalue weighted by Gasteiger charge is -2.19. The predicted molar refractivity (Wildman–Crippen MR) is 136 cm³/mol. The maximum Gasteiger partial charge on any atom is 0.268 e. The molecule has 0 aromatic heterocycles. The van der Waals surface area contributed by atoms with Gasteiger partial charge in [-0.1, -0.05) is 54.6 Å². The van der Waals surface area contributed by atoms with Crippen molar-refractivity contribution in [3.8, 4) is 11.1 Å². The maximum atomic E-state index is 12.4. The number of aliphatic hydroxyl groups is 1. The Bertz CT molecular complexity index is 1170. The van der Waals surface area contributed by atoms with E-state index in [1.165, 1.54) is 12.4 Å². The molecule has 0 aliphatic carbocycles. The summed E-state index contributed by atoms with van der Waals surface area (Å²) in [7, 11) is 1.89. The van der Waals surface area contributed by atoms with Gasteiger partial charge in [0.25, 0.3) is 11.8 Å². The molecular weight excluding hydrogens is 460 g/mol. The molecule has 9 nitrogen and oxygen atoms in total. The van der Waals surface area contributed by atoms with Crippen molar-refractivity contribution in [3.63, 3.8) is 0 Å². The molecule has 3 aromatic carbocycles. The molecule has 5 N–H and O–H groups in total. The molecule has 36 heavy (non-hydrogen) atoms. The zero-order valence-corrected chi connectivity index (χ0v) is 20.1. The van der Waals surface area contributed by atoms with Gasteiger partial charge in [0.05, 0.1) is 12.6 Å². The van der Waals surface area contributed by atoms with Crippen LogP contribution in [0.25, 0.3) is 11.1 Å². The van der Waals surface area contributed by atoms with Crippen LogP contribution in [0.2, 0.25) is 0 Å². The molecule has 3 amide bonds. The van der Waals surface area contributed by atoms with Gasteiger partial charge >= 0.3 is 0 Å². The van der Waals surface area contributed by atoms with Gasteiger partial charge < -0.3 is 15.7 Å². The topological polar surface area (TPSA) is 131 Å². The van der Waals surface area contributed by atoms with Crippen molar-refractivity contribution in [3.05, 3.63) is 90.0 Å². The lowest BCUT2D eigenvalue weighted by molar-refractivity contribution is -0.133. The van der Waals surface area contributed by atoms with Gasteiger partial charge in [0.1, 0.15) is 6.04 Å². The van der Waals surface area contributed by atoms with Gasteiger partial charge in [-0.05, 0) is 54.9 Å². The minimum absolute atomic E-state index is 0.109. The van der Waals surface area contributed by atoms with Crippen LogP contribution in [0.15, 0.2) is 78.9 Å². The van der Waals surface area contributed by atoms with Crippen LogP contribution in [-0.2, 0) is 16.1 Å². The minimum Gasteiger partial charge on any atom is -0.391 e. The quantitative estimate of drug-likeness (QED) is 0.219. The summed E-state index contributed by atoms with van der Waals surface area (Å²) in [5.41, 5.74) is 5.28. The minimum atomic E-state index is -1.29. The van der Waals surface area contributed by atoms with E-state index in [2.05, 4.69) is 10.6 Å². The second-order valence-corrected chi connectivity index (χ2v) is 8.53. The maximum absolute atomic E-state index is 12.4. The first-order valence-corrected chi connectivity index (χ1v) is 11.4. The molecule has 2 atom stereocenters. The molecule has 3 rings (SSSR count). The molecule has 0 aliphatic rings. The fourth-order valence-electron chi connectivity index (χ4n) is 3.66. The van der Waals surface area contributed by atoms with Crippen molar-refractivity contribution < 1.29 is 24.7 Å². The van der Waals surface area contributed by atoms with Gasteiger partial charge in [0.15, 0.2) is 0 Å². The summed E-state index contributed by atoms with van der Waals surface area (Å²) in [6.45, 7) is 2.27. The highest BCUT2D eigenvalue weighted by atomic mass is 16.5. The number of benzene rings is 3. The number of amides is 3. The Kier molecular flexibility index (Phi) is 9.29. The Morgan fingerprint density at radius 3 is 2.03 bits per heavy atom. The number of hydroxylamine groups is 1. The standard InChI is InChI=1S/C27H30N4O5/c1-18(32)25(27(35)30-36)29-26(34)22-10-8-20(9-11-22)21-12-14-23(15-13-21)28-24(33)17-31(2)16-19-6-4-3-5-7-19/h3-15,18,25,32,36H,16-17H2,1-2H3,(H,28,33)(H,29,34)(H,30,35)/t18-,25+/m1/s1. The molecule has 0 heterocycles. The number of anilines is 1. The summed E-state index contributed by atoms with van der Waals surface area (Å²) in [6.07, 6.45) is -1.19. The zero-order valence-electron chi connectivity index (χ0n) is 20.1. The summed E-state index contributed by atoms with van der Waals surface area (Å²) in [4.78, 5) is 38.4. The molecule has 0 radical (unpaired) electrons. The molecule has 3 aromatic rings. The lowest BCUT2D eigenvalue weighted by Crippen LogP contribution is -2.51. The Balaban J connectivity index is 1.56. The zero-order chi connectivity index (χ0) is 26.1. The molecule has 188 valence electrons. The van der Waals surface area contributed by atoms with E-state index >= 15 is 0 Å². The van der Waals surface area contributed by atoms with Crippen LogP contribution in [0.4, 0.5) is 5.69 Å². The van der Waals surface area contributed by atoms with Gasteiger partial charge in [0.2, 0.25) is 5.91 Å². The Morgan fingerprint density at radius 1 is 0.889 bits per heavy atom. The van der Waals surface area contributed by atoms with E-state index in [0.29, 0.717) is 17.8 Å². The van der Waals surface area contributed by atoms with E-state index < -0.39 is 24.0 Å². The van der Waals surface area contributed by atoms with E-state index in [9.17, 15) is 19.5 Å². The number of carbonyl (C=O) groups is 3. The molecular formula is C27H30N4O5. The third-order valence-corrected chi connectivity index (χ3v) is 5.52. The normalized spacial score (nSPS) is 12.5. The molecule has 0 aliphatic heterocycles. The summed E-state index contributed by atoms with van der Waals surface area (Å²) in [5.74, 6) is -1.58. The number of rotatable bonds is 10. The first kappa shape index (κ1) is 26.6. The van der Waals surface area contributed by atoms with Gasteiger partial charge in [-0.15, -0.1) is 0 Å². The van der Waals surface area contributed by atoms with Crippen LogP contribution in [-0.4, -0.2) is 58.7 Å². The van der Waals surface area contributed by atoms with Crippen LogP contribution in [0, 0.1) is 0 Å². The monoisotopic (exact) mass is 490 g/mol. The molecule has 0 unspecified atom stereocenters. The highest BCUT2D eigenvalue weighted by Crippen LogP contribution is 2.22. The number of nitrogens with zero attached hydrogens (tertiary/aromatic N) is 1. The van der Waals surface area contributed by atoms with Crippen LogP contribution in [0.5, 0.6) is 0 Å².